The zero-order valence-electron chi connectivity index (χ0n) is 7.66. The second-order valence-electron chi connectivity index (χ2n) is 2.83. The van der Waals surface area contributed by atoms with Crippen molar-refractivity contribution in [3.63, 3.8) is 0 Å². The minimum Gasteiger partial charge on any atom is -0.330 e. The van der Waals surface area contributed by atoms with Crippen molar-refractivity contribution in [2.75, 3.05) is 18.8 Å². The molecule has 1 heterocycles. The molecule has 0 aromatic carbocycles. The summed E-state index contributed by atoms with van der Waals surface area (Å²) in [4.78, 5) is 24.1. The van der Waals surface area contributed by atoms with E-state index in [9.17, 15) is 9.59 Å². The van der Waals surface area contributed by atoms with Gasteiger partial charge in [-0.25, -0.2) is 0 Å². The number of carbonyl (C=O) groups excluding carboxylic acids is 2. The smallest absolute Gasteiger partial charge is 0.242 e. The molecule has 0 aromatic rings. The SMILES string of the molecule is CCN1C(=O)CC(SCCN)C1=O. The standard InChI is InChI=1S/C8H14N2O2S/c1-2-10-7(11)5-6(8(10)12)13-4-3-9/h6H,2-5,9H2,1H3. The molecule has 1 aliphatic rings. The van der Waals surface area contributed by atoms with Gasteiger partial charge in [-0.2, -0.15) is 0 Å². The van der Waals surface area contributed by atoms with E-state index in [0.29, 0.717) is 19.5 Å². The number of imide groups is 1. The highest BCUT2D eigenvalue weighted by Crippen LogP contribution is 2.24. The summed E-state index contributed by atoms with van der Waals surface area (Å²) in [6, 6.07) is 0. The Morgan fingerprint density at radius 2 is 2.31 bits per heavy atom. The van der Waals surface area contributed by atoms with E-state index in [-0.39, 0.29) is 17.1 Å². The summed E-state index contributed by atoms with van der Waals surface area (Å²) in [5.74, 6) is 0.634. The summed E-state index contributed by atoms with van der Waals surface area (Å²) < 4.78 is 0. The van der Waals surface area contributed by atoms with E-state index in [4.69, 9.17) is 5.73 Å². The van der Waals surface area contributed by atoms with E-state index in [0.717, 1.165) is 5.75 Å². The van der Waals surface area contributed by atoms with Crippen LogP contribution in [-0.2, 0) is 9.59 Å². The molecule has 2 N–H and O–H groups in total. The summed E-state index contributed by atoms with van der Waals surface area (Å²) in [6.45, 7) is 2.85. The molecule has 1 saturated heterocycles. The Kier molecular flexibility index (Phi) is 3.74. The van der Waals surface area contributed by atoms with Crippen molar-refractivity contribution in [1.29, 1.82) is 0 Å². The van der Waals surface area contributed by atoms with Crippen LogP contribution in [0.15, 0.2) is 0 Å². The molecule has 1 aliphatic heterocycles. The van der Waals surface area contributed by atoms with E-state index in [1.807, 2.05) is 6.92 Å². The summed E-state index contributed by atoms with van der Waals surface area (Å²) >= 11 is 1.48. The fraction of sp³-hybridized carbons (Fsp3) is 0.750. The fourth-order valence-corrected chi connectivity index (χ4v) is 2.28. The molecule has 0 spiro atoms. The van der Waals surface area contributed by atoms with Crippen molar-refractivity contribution in [3.05, 3.63) is 0 Å². The number of nitrogens with zero attached hydrogens (tertiary/aromatic N) is 1. The van der Waals surface area contributed by atoms with Gasteiger partial charge in [-0.05, 0) is 6.92 Å². The molecule has 0 aromatic heterocycles. The van der Waals surface area contributed by atoms with Crippen LogP contribution in [0.25, 0.3) is 0 Å². The molecule has 13 heavy (non-hydrogen) atoms. The molecule has 1 rings (SSSR count). The number of nitrogens with two attached hydrogens (primary N) is 1. The number of amides is 2. The molecular formula is C8H14N2O2S. The summed E-state index contributed by atoms with van der Waals surface area (Å²) in [6.07, 6.45) is 0.345. The van der Waals surface area contributed by atoms with Crippen molar-refractivity contribution in [1.82, 2.24) is 4.90 Å². The Bertz CT molecular complexity index is 220. The van der Waals surface area contributed by atoms with Crippen molar-refractivity contribution in [2.45, 2.75) is 18.6 Å². The van der Waals surface area contributed by atoms with Crippen molar-refractivity contribution in [3.8, 4) is 0 Å². The number of hydrogen-bond donors (Lipinski definition) is 1. The van der Waals surface area contributed by atoms with Gasteiger partial charge in [0.15, 0.2) is 0 Å². The molecule has 1 unspecified atom stereocenters. The molecule has 0 radical (unpaired) electrons. The van der Waals surface area contributed by atoms with Gasteiger partial charge in [-0.1, -0.05) is 0 Å². The number of hydrogen-bond acceptors (Lipinski definition) is 4. The van der Waals surface area contributed by atoms with Gasteiger partial charge in [0.05, 0.1) is 5.25 Å². The maximum atomic E-state index is 11.5. The van der Waals surface area contributed by atoms with Gasteiger partial charge < -0.3 is 5.73 Å². The molecule has 0 saturated carbocycles. The summed E-state index contributed by atoms with van der Waals surface area (Å²) in [7, 11) is 0. The lowest BCUT2D eigenvalue weighted by Crippen LogP contribution is -2.31. The maximum absolute atomic E-state index is 11.5. The second-order valence-corrected chi connectivity index (χ2v) is 4.14. The number of likely N-dealkylation sites (tertiary alicyclic amines) is 1. The first-order valence-corrected chi connectivity index (χ1v) is 5.41. The quantitative estimate of drug-likeness (QED) is 0.643. The second kappa shape index (κ2) is 4.62. The van der Waals surface area contributed by atoms with Gasteiger partial charge >= 0.3 is 0 Å². The van der Waals surface area contributed by atoms with Crippen LogP contribution in [0.3, 0.4) is 0 Å². The highest BCUT2D eigenvalue weighted by atomic mass is 32.2. The van der Waals surface area contributed by atoms with Crippen molar-refractivity contribution >= 4 is 23.6 Å². The summed E-state index contributed by atoms with van der Waals surface area (Å²) in [5, 5.41) is -0.184. The molecular weight excluding hydrogens is 188 g/mol. The van der Waals surface area contributed by atoms with E-state index in [1.54, 1.807) is 0 Å². The first kappa shape index (κ1) is 10.5. The van der Waals surface area contributed by atoms with E-state index in [1.165, 1.54) is 16.7 Å². The lowest BCUT2D eigenvalue weighted by Gasteiger charge is -2.10. The fourth-order valence-electron chi connectivity index (χ4n) is 1.33. The van der Waals surface area contributed by atoms with Gasteiger partial charge in [0.2, 0.25) is 11.8 Å². The van der Waals surface area contributed by atoms with Crippen LogP contribution in [0.5, 0.6) is 0 Å². The van der Waals surface area contributed by atoms with Gasteiger partial charge in [-0.15, -0.1) is 11.8 Å². The Morgan fingerprint density at radius 3 is 2.77 bits per heavy atom. The Hall–Kier alpha value is -0.550. The number of rotatable bonds is 4. The van der Waals surface area contributed by atoms with Gasteiger partial charge in [-0.3, -0.25) is 14.5 Å². The normalized spacial score (nSPS) is 22.9. The van der Waals surface area contributed by atoms with Crippen molar-refractivity contribution in [2.24, 2.45) is 5.73 Å². The zero-order chi connectivity index (χ0) is 9.84. The average molecular weight is 202 g/mol. The molecule has 1 fully saturated rings. The van der Waals surface area contributed by atoms with Crippen LogP contribution in [0.1, 0.15) is 13.3 Å². The lowest BCUT2D eigenvalue weighted by molar-refractivity contribution is -0.137. The molecule has 2 amide bonds. The van der Waals surface area contributed by atoms with Crippen LogP contribution in [0, 0.1) is 0 Å². The lowest BCUT2D eigenvalue weighted by atomic mass is 10.4. The van der Waals surface area contributed by atoms with Crippen LogP contribution in [0.2, 0.25) is 0 Å². The van der Waals surface area contributed by atoms with Crippen LogP contribution in [0.4, 0.5) is 0 Å². The van der Waals surface area contributed by atoms with E-state index in [2.05, 4.69) is 0 Å². The molecule has 5 heteroatoms. The maximum Gasteiger partial charge on any atom is 0.242 e. The third-order valence-corrected chi connectivity index (χ3v) is 3.20. The topological polar surface area (TPSA) is 63.4 Å². The first-order valence-electron chi connectivity index (χ1n) is 4.36. The number of carbonyl (C=O) groups is 2. The van der Waals surface area contributed by atoms with Gasteiger partial charge in [0, 0.05) is 25.3 Å². The van der Waals surface area contributed by atoms with Crippen LogP contribution < -0.4 is 5.73 Å². The Balaban J connectivity index is 2.52. The van der Waals surface area contributed by atoms with E-state index < -0.39 is 0 Å². The predicted molar refractivity (Wildman–Crippen MR) is 52.3 cm³/mol. The monoisotopic (exact) mass is 202 g/mol. The highest BCUT2D eigenvalue weighted by Gasteiger charge is 2.37. The molecule has 0 aliphatic carbocycles. The molecule has 4 nitrogen and oxygen atoms in total. The molecule has 0 bridgehead atoms. The minimum absolute atomic E-state index is 0.0500. The largest absolute Gasteiger partial charge is 0.330 e. The number of thioether (sulfide) groups is 1. The van der Waals surface area contributed by atoms with Crippen molar-refractivity contribution < 1.29 is 9.59 Å². The van der Waals surface area contributed by atoms with Crippen LogP contribution >= 0.6 is 11.8 Å². The predicted octanol–water partition coefficient (Wildman–Crippen LogP) is -0.174. The Morgan fingerprint density at radius 1 is 1.62 bits per heavy atom. The minimum atomic E-state index is -0.184. The first-order chi connectivity index (χ1) is 6.20. The van der Waals surface area contributed by atoms with E-state index >= 15 is 0 Å². The third kappa shape index (κ3) is 2.22. The highest BCUT2D eigenvalue weighted by molar-refractivity contribution is 8.00. The van der Waals surface area contributed by atoms with Crippen LogP contribution in [-0.4, -0.2) is 40.8 Å². The molecule has 74 valence electrons. The van der Waals surface area contributed by atoms with Gasteiger partial charge in [0.25, 0.3) is 0 Å². The third-order valence-electron chi connectivity index (χ3n) is 1.96. The zero-order valence-corrected chi connectivity index (χ0v) is 8.47. The van der Waals surface area contributed by atoms with Gasteiger partial charge in [0.1, 0.15) is 0 Å². The Labute approximate surface area is 81.8 Å². The summed E-state index contributed by atoms with van der Waals surface area (Å²) in [5.41, 5.74) is 5.32. The molecule has 1 atom stereocenters. The average Bonchev–Trinajstić information content (AvgIpc) is 2.38.